The average molecular weight is 373 g/mol. The molecule has 1 aromatic heterocycles. The van der Waals surface area contributed by atoms with Crippen molar-refractivity contribution in [3.8, 4) is 0 Å². The molecule has 1 aromatic carbocycles. The number of hydrogen-bond acceptors (Lipinski definition) is 3. The van der Waals surface area contributed by atoms with Crippen LogP contribution in [0, 0.1) is 5.82 Å². The van der Waals surface area contributed by atoms with E-state index in [1.165, 1.54) is 12.3 Å². The van der Waals surface area contributed by atoms with Gasteiger partial charge in [-0.05, 0) is 31.2 Å². The second-order valence-electron chi connectivity index (χ2n) is 4.65. The van der Waals surface area contributed by atoms with Crippen molar-refractivity contribution in [2.24, 2.45) is 0 Å². The van der Waals surface area contributed by atoms with E-state index in [1.807, 2.05) is 6.92 Å². The van der Waals surface area contributed by atoms with E-state index < -0.39 is 6.04 Å². The number of nitrogens with one attached hydrogen (secondary N) is 1. The van der Waals surface area contributed by atoms with Gasteiger partial charge in [0.1, 0.15) is 11.6 Å². The smallest absolute Gasteiger partial charge is 0.129 e. The van der Waals surface area contributed by atoms with Crippen LogP contribution >= 0.6 is 27.5 Å². The third kappa shape index (κ3) is 3.73. The third-order valence-corrected chi connectivity index (χ3v) is 4.01. The van der Waals surface area contributed by atoms with Crippen molar-refractivity contribution in [1.29, 1.82) is 0 Å². The third-order valence-electron chi connectivity index (χ3n) is 3.11. The van der Waals surface area contributed by atoms with Crippen LogP contribution in [-0.4, -0.2) is 11.5 Å². The maximum atomic E-state index is 14.3. The fourth-order valence-corrected chi connectivity index (χ4v) is 2.88. The van der Waals surface area contributed by atoms with Gasteiger partial charge in [0, 0.05) is 21.8 Å². The first-order chi connectivity index (χ1) is 10.0. The molecular weight excluding hydrogens is 357 g/mol. The standard InChI is InChI=1S/C15H16BrClFN3/c1-2-6-20-14(10-7-9(17)8-21-15(10)19)13-11(16)4-3-5-12(13)18/h3-5,7-8,14,20H,2,6H2,1H3,(H2,19,21). The lowest BCUT2D eigenvalue weighted by Gasteiger charge is -2.22. The summed E-state index contributed by atoms with van der Waals surface area (Å²) < 4.78 is 15.0. The highest BCUT2D eigenvalue weighted by Crippen LogP contribution is 2.33. The molecule has 0 aliphatic heterocycles. The van der Waals surface area contributed by atoms with Crippen molar-refractivity contribution < 1.29 is 4.39 Å². The molecular formula is C15H16BrClFN3. The quantitative estimate of drug-likeness (QED) is 0.822. The van der Waals surface area contributed by atoms with Gasteiger partial charge in [0.05, 0.1) is 11.1 Å². The molecule has 0 aliphatic rings. The Labute approximate surface area is 136 Å². The molecule has 2 rings (SSSR count). The molecule has 3 nitrogen and oxygen atoms in total. The molecule has 0 saturated carbocycles. The van der Waals surface area contributed by atoms with E-state index in [-0.39, 0.29) is 5.82 Å². The van der Waals surface area contributed by atoms with E-state index in [1.54, 1.807) is 18.2 Å². The van der Waals surface area contributed by atoms with E-state index in [9.17, 15) is 4.39 Å². The Hall–Kier alpha value is -1.17. The number of nitrogens with two attached hydrogens (primary N) is 1. The molecule has 1 heterocycles. The lowest BCUT2D eigenvalue weighted by molar-refractivity contribution is 0.544. The van der Waals surface area contributed by atoms with Crippen LogP contribution < -0.4 is 11.1 Å². The minimum atomic E-state index is -0.410. The van der Waals surface area contributed by atoms with Gasteiger partial charge in [0.2, 0.25) is 0 Å². The molecule has 21 heavy (non-hydrogen) atoms. The van der Waals surface area contributed by atoms with Gasteiger partial charge in [-0.2, -0.15) is 0 Å². The number of nitrogen functional groups attached to an aromatic ring is 1. The van der Waals surface area contributed by atoms with Gasteiger partial charge in [-0.1, -0.05) is 40.5 Å². The van der Waals surface area contributed by atoms with Gasteiger partial charge in [0.25, 0.3) is 0 Å². The van der Waals surface area contributed by atoms with Crippen LogP contribution in [0.15, 0.2) is 34.9 Å². The normalized spacial score (nSPS) is 12.4. The van der Waals surface area contributed by atoms with Crippen molar-refractivity contribution in [2.75, 3.05) is 12.3 Å². The number of anilines is 1. The summed E-state index contributed by atoms with van der Waals surface area (Å²) in [6.07, 6.45) is 2.39. The second-order valence-corrected chi connectivity index (χ2v) is 5.94. The van der Waals surface area contributed by atoms with Crippen LogP contribution in [0.2, 0.25) is 5.02 Å². The molecule has 0 radical (unpaired) electrons. The largest absolute Gasteiger partial charge is 0.383 e. The average Bonchev–Trinajstić information content (AvgIpc) is 2.45. The van der Waals surface area contributed by atoms with Crippen molar-refractivity contribution in [2.45, 2.75) is 19.4 Å². The van der Waals surface area contributed by atoms with Crippen molar-refractivity contribution in [3.05, 3.63) is 56.9 Å². The molecule has 0 spiro atoms. The molecule has 6 heteroatoms. The molecule has 112 valence electrons. The molecule has 0 fully saturated rings. The summed E-state index contributed by atoms with van der Waals surface area (Å²) in [5.74, 6) is 0.0282. The van der Waals surface area contributed by atoms with Crippen LogP contribution in [0.25, 0.3) is 0 Å². The predicted molar refractivity (Wildman–Crippen MR) is 87.9 cm³/mol. The molecule has 0 amide bonds. The van der Waals surface area contributed by atoms with E-state index in [4.69, 9.17) is 17.3 Å². The molecule has 1 unspecified atom stereocenters. The molecule has 0 saturated heterocycles. The van der Waals surface area contributed by atoms with Crippen molar-refractivity contribution in [1.82, 2.24) is 10.3 Å². The summed E-state index contributed by atoms with van der Waals surface area (Å²) >= 11 is 9.42. The van der Waals surface area contributed by atoms with Crippen LogP contribution in [0.4, 0.5) is 10.2 Å². The first kappa shape index (κ1) is 16.2. The number of hydrogen-bond donors (Lipinski definition) is 2. The van der Waals surface area contributed by atoms with E-state index in [0.29, 0.717) is 26.4 Å². The summed E-state index contributed by atoms with van der Waals surface area (Å²) in [6, 6.07) is 6.18. The zero-order chi connectivity index (χ0) is 15.4. The Morgan fingerprint density at radius 1 is 1.48 bits per heavy atom. The summed E-state index contributed by atoms with van der Waals surface area (Å²) in [4.78, 5) is 4.06. The Balaban J connectivity index is 2.55. The molecule has 1 atom stereocenters. The zero-order valence-corrected chi connectivity index (χ0v) is 13.9. The van der Waals surface area contributed by atoms with Crippen LogP contribution in [0.3, 0.4) is 0 Å². The number of halogens is 3. The number of rotatable bonds is 5. The summed E-state index contributed by atoms with van der Waals surface area (Å²) in [6.45, 7) is 2.76. The highest BCUT2D eigenvalue weighted by Gasteiger charge is 2.22. The second kappa shape index (κ2) is 7.20. The first-order valence-corrected chi connectivity index (χ1v) is 7.80. The van der Waals surface area contributed by atoms with Gasteiger partial charge >= 0.3 is 0 Å². The van der Waals surface area contributed by atoms with E-state index in [2.05, 4.69) is 26.2 Å². The van der Waals surface area contributed by atoms with Gasteiger partial charge in [-0.3, -0.25) is 0 Å². The van der Waals surface area contributed by atoms with Crippen molar-refractivity contribution >= 4 is 33.3 Å². The fraction of sp³-hybridized carbons (Fsp3) is 0.267. The topological polar surface area (TPSA) is 50.9 Å². The fourth-order valence-electron chi connectivity index (χ4n) is 2.14. The Morgan fingerprint density at radius 2 is 2.24 bits per heavy atom. The van der Waals surface area contributed by atoms with E-state index >= 15 is 0 Å². The minimum Gasteiger partial charge on any atom is -0.383 e. The lowest BCUT2D eigenvalue weighted by Crippen LogP contribution is -2.25. The lowest BCUT2D eigenvalue weighted by atomic mass is 9.98. The number of aromatic nitrogens is 1. The number of pyridine rings is 1. The Kier molecular flexibility index (Phi) is 5.56. The van der Waals surface area contributed by atoms with Crippen LogP contribution in [0.5, 0.6) is 0 Å². The maximum Gasteiger partial charge on any atom is 0.129 e. The monoisotopic (exact) mass is 371 g/mol. The molecule has 0 bridgehead atoms. The molecule has 0 aliphatic carbocycles. The number of benzene rings is 1. The highest BCUT2D eigenvalue weighted by molar-refractivity contribution is 9.10. The summed E-state index contributed by atoms with van der Waals surface area (Å²) in [5, 5.41) is 3.77. The predicted octanol–water partition coefficient (Wildman–Crippen LogP) is 4.31. The SMILES string of the molecule is CCCNC(c1cc(Cl)cnc1N)c1c(F)cccc1Br. The van der Waals surface area contributed by atoms with Crippen LogP contribution in [0.1, 0.15) is 30.5 Å². The van der Waals surface area contributed by atoms with E-state index in [0.717, 1.165) is 13.0 Å². The summed E-state index contributed by atoms with van der Waals surface area (Å²) in [7, 11) is 0. The van der Waals surface area contributed by atoms with Crippen LogP contribution in [-0.2, 0) is 0 Å². The minimum absolute atomic E-state index is 0.308. The van der Waals surface area contributed by atoms with Gasteiger partial charge in [-0.15, -0.1) is 0 Å². The number of nitrogens with zero attached hydrogens (tertiary/aromatic N) is 1. The van der Waals surface area contributed by atoms with Crippen molar-refractivity contribution in [3.63, 3.8) is 0 Å². The van der Waals surface area contributed by atoms with Gasteiger partial charge in [-0.25, -0.2) is 9.37 Å². The zero-order valence-electron chi connectivity index (χ0n) is 11.5. The Bertz CT molecular complexity index is 616. The highest BCUT2D eigenvalue weighted by atomic mass is 79.9. The van der Waals surface area contributed by atoms with Gasteiger partial charge in [0.15, 0.2) is 0 Å². The summed E-state index contributed by atoms with van der Waals surface area (Å²) in [5.41, 5.74) is 7.12. The molecule has 3 N–H and O–H groups in total. The molecule has 2 aromatic rings. The maximum absolute atomic E-state index is 14.3. The Morgan fingerprint density at radius 3 is 2.90 bits per heavy atom. The van der Waals surface area contributed by atoms with Gasteiger partial charge < -0.3 is 11.1 Å². The first-order valence-electron chi connectivity index (χ1n) is 6.62.